The van der Waals surface area contributed by atoms with E-state index in [1.165, 1.54) is 64.2 Å². The van der Waals surface area contributed by atoms with E-state index in [1.54, 1.807) is 0 Å². The lowest BCUT2D eigenvalue weighted by molar-refractivity contribution is -0.161. The quantitative estimate of drug-likeness (QED) is 0.0252. The molecule has 0 spiro atoms. The largest absolute Gasteiger partial charge is 0.472 e. The maximum absolute atomic E-state index is 12.5. The monoisotopic (exact) mass is 692 g/mol. The standard InChI is InChI=1S/C36H69O10P/c1-2-3-4-5-6-7-8-9-13-16-19-22-25-28-36(40)46-34(33-45-47(41,42)44-31-30-38)32-43-35(39)27-24-21-18-15-12-10-11-14-17-20-23-26-29-37/h7-8,34,37-38H,2-6,9-33H2,1H3,(H,41,42)/b8-7-/t34-/m1/s1. The lowest BCUT2D eigenvalue weighted by atomic mass is 10.0. The third-order valence-corrected chi connectivity index (χ3v) is 8.91. The Labute approximate surface area is 286 Å². The first kappa shape index (κ1) is 45.7. The van der Waals surface area contributed by atoms with Crippen molar-refractivity contribution in [3.63, 3.8) is 0 Å². The van der Waals surface area contributed by atoms with E-state index >= 15 is 0 Å². The van der Waals surface area contributed by atoms with Crippen molar-refractivity contribution >= 4 is 19.8 Å². The van der Waals surface area contributed by atoms with Gasteiger partial charge in [0.05, 0.1) is 19.8 Å². The number of rotatable bonds is 36. The van der Waals surface area contributed by atoms with Gasteiger partial charge in [0.15, 0.2) is 6.10 Å². The van der Waals surface area contributed by atoms with Crippen molar-refractivity contribution in [3.8, 4) is 0 Å². The van der Waals surface area contributed by atoms with Gasteiger partial charge in [0, 0.05) is 19.4 Å². The smallest absolute Gasteiger partial charge is 0.462 e. The van der Waals surface area contributed by atoms with Crippen molar-refractivity contribution in [2.45, 2.75) is 174 Å². The summed E-state index contributed by atoms with van der Waals surface area (Å²) in [7, 11) is -4.45. The van der Waals surface area contributed by atoms with Crippen LogP contribution in [-0.2, 0) is 32.7 Å². The number of aliphatic hydroxyl groups excluding tert-OH is 2. The molecule has 0 rings (SSSR count). The van der Waals surface area contributed by atoms with Crippen LogP contribution in [0.4, 0.5) is 0 Å². The minimum Gasteiger partial charge on any atom is -0.462 e. The van der Waals surface area contributed by atoms with Gasteiger partial charge >= 0.3 is 19.8 Å². The number of phosphoric ester groups is 1. The number of phosphoric acid groups is 1. The molecule has 0 fully saturated rings. The van der Waals surface area contributed by atoms with Gasteiger partial charge < -0.3 is 24.6 Å². The van der Waals surface area contributed by atoms with Crippen LogP contribution in [0.2, 0.25) is 0 Å². The Morgan fingerprint density at radius 2 is 1.06 bits per heavy atom. The molecule has 10 nitrogen and oxygen atoms in total. The van der Waals surface area contributed by atoms with Crippen LogP contribution in [0.1, 0.15) is 167 Å². The van der Waals surface area contributed by atoms with Gasteiger partial charge in [-0.2, -0.15) is 0 Å². The first-order chi connectivity index (χ1) is 22.8. The Kier molecular flexibility index (Phi) is 33.6. The summed E-state index contributed by atoms with van der Waals surface area (Å²) in [5, 5.41) is 17.6. The number of esters is 2. The molecule has 3 N–H and O–H groups in total. The van der Waals surface area contributed by atoms with Crippen molar-refractivity contribution in [1.29, 1.82) is 0 Å². The van der Waals surface area contributed by atoms with Crippen molar-refractivity contribution in [2.24, 2.45) is 0 Å². The van der Waals surface area contributed by atoms with Gasteiger partial charge in [0.25, 0.3) is 0 Å². The summed E-state index contributed by atoms with van der Waals surface area (Å²) in [5.74, 6) is -0.895. The number of hydrogen-bond acceptors (Lipinski definition) is 9. The zero-order chi connectivity index (χ0) is 34.7. The van der Waals surface area contributed by atoms with Gasteiger partial charge in [-0.05, 0) is 44.9 Å². The van der Waals surface area contributed by atoms with Crippen molar-refractivity contribution in [3.05, 3.63) is 12.2 Å². The van der Waals surface area contributed by atoms with Crippen LogP contribution in [0.3, 0.4) is 0 Å². The van der Waals surface area contributed by atoms with Gasteiger partial charge in [-0.3, -0.25) is 18.6 Å². The molecule has 0 heterocycles. The maximum Gasteiger partial charge on any atom is 0.472 e. The van der Waals surface area contributed by atoms with E-state index < -0.39 is 39.1 Å². The van der Waals surface area contributed by atoms with Crippen LogP contribution in [0.25, 0.3) is 0 Å². The number of ether oxygens (including phenoxy) is 2. The van der Waals surface area contributed by atoms with E-state index in [4.69, 9.17) is 24.2 Å². The summed E-state index contributed by atoms with van der Waals surface area (Å²) < 4.78 is 32.3. The van der Waals surface area contributed by atoms with Gasteiger partial charge in [0.1, 0.15) is 6.61 Å². The minimum absolute atomic E-state index is 0.199. The van der Waals surface area contributed by atoms with Crippen molar-refractivity contribution in [1.82, 2.24) is 0 Å². The van der Waals surface area contributed by atoms with Gasteiger partial charge in [-0.25, -0.2) is 4.57 Å². The lowest BCUT2D eigenvalue weighted by Gasteiger charge is -2.19. The van der Waals surface area contributed by atoms with Crippen LogP contribution in [-0.4, -0.2) is 66.2 Å². The van der Waals surface area contributed by atoms with Crippen molar-refractivity contribution < 1.29 is 47.8 Å². The molecule has 278 valence electrons. The fraction of sp³-hybridized carbons (Fsp3) is 0.889. The molecule has 1 unspecified atom stereocenters. The molecule has 0 amide bonds. The molecule has 0 aliphatic heterocycles. The highest BCUT2D eigenvalue weighted by Gasteiger charge is 2.26. The third-order valence-electron chi connectivity index (χ3n) is 7.93. The lowest BCUT2D eigenvalue weighted by Crippen LogP contribution is -2.29. The zero-order valence-electron chi connectivity index (χ0n) is 29.6. The molecular weight excluding hydrogens is 623 g/mol. The predicted octanol–water partition coefficient (Wildman–Crippen LogP) is 8.89. The number of carbonyl (C=O) groups excluding carboxylic acids is 2. The fourth-order valence-corrected chi connectivity index (χ4v) is 5.87. The second kappa shape index (κ2) is 34.6. The molecule has 0 saturated carbocycles. The van der Waals surface area contributed by atoms with Gasteiger partial charge in [-0.15, -0.1) is 0 Å². The van der Waals surface area contributed by atoms with Gasteiger partial charge in [0.2, 0.25) is 0 Å². The van der Waals surface area contributed by atoms with E-state index in [2.05, 4.69) is 23.6 Å². The van der Waals surface area contributed by atoms with E-state index in [9.17, 15) is 19.0 Å². The van der Waals surface area contributed by atoms with Crippen LogP contribution in [0, 0.1) is 0 Å². The number of carbonyl (C=O) groups is 2. The average molecular weight is 693 g/mol. The molecule has 47 heavy (non-hydrogen) atoms. The Morgan fingerprint density at radius 1 is 0.596 bits per heavy atom. The second-order valence-electron chi connectivity index (χ2n) is 12.5. The highest BCUT2D eigenvalue weighted by atomic mass is 31.2. The van der Waals surface area contributed by atoms with E-state index in [0.29, 0.717) is 12.8 Å². The fourth-order valence-electron chi connectivity index (χ4n) is 5.13. The van der Waals surface area contributed by atoms with Crippen LogP contribution in [0.5, 0.6) is 0 Å². The topological polar surface area (TPSA) is 149 Å². The highest BCUT2D eigenvalue weighted by Crippen LogP contribution is 2.43. The number of hydrogen-bond donors (Lipinski definition) is 3. The molecule has 2 atom stereocenters. The van der Waals surface area contributed by atoms with Crippen molar-refractivity contribution in [2.75, 3.05) is 33.0 Å². The summed E-state index contributed by atoms with van der Waals surface area (Å²) in [6.45, 7) is 0.919. The van der Waals surface area contributed by atoms with E-state index in [0.717, 1.165) is 70.6 Å². The Hall–Kier alpha value is -1.29. The number of aliphatic hydroxyl groups is 2. The minimum atomic E-state index is -4.45. The molecule has 0 aromatic rings. The molecular formula is C36H69O10P. The Balaban J connectivity index is 4.22. The summed E-state index contributed by atoms with van der Waals surface area (Å²) >= 11 is 0. The Morgan fingerprint density at radius 3 is 1.57 bits per heavy atom. The molecule has 11 heteroatoms. The van der Waals surface area contributed by atoms with Crippen LogP contribution < -0.4 is 0 Å². The molecule has 0 saturated heterocycles. The molecule has 0 radical (unpaired) electrons. The molecule has 0 aromatic heterocycles. The molecule has 0 aliphatic carbocycles. The summed E-state index contributed by atoms with van der Waals surface area (Å²) in [6, 6.07) is 0. The SMILES string of the molecule is CCCCCC/C=C\CCCCCCCC(=O)O[C@H](COC(=O)CCCCCCCCCCCCCCO)COP(=O)(O)OCCO. The molecule has 0 bridgehead atoms. The average Bonchev–Trinajstić information content (AvgIpc) is 3.05. The van der Waals surface area contributed by atoms with Crippen LogP contribution >= 0.6 is 7.82 Å². The number of allylic oxidation sites excluding steroid dienone is 2. The van der Waals surface area contributed by atoms with Gasteiger partial charge in [-0.1, -0.05) is 122 Å². The Bertz CT molecular complexity index is 792. The zero-order valence-corrected chi connectivity index (χ0v) is 30.5. The second-order valence-corrected chi connectivity index (χ2v) is 13.9. The molecule has 0 aromatic carbocycles. The summed E-state index contributed by atoms with van der Waals surface area (Å²) in [6.07, 6.45) is 29.4. The van der Waals surface area contributed by atoms with E-state index in [-0.39, 0.29) is 32.7 Å². The maximum atomic E-state index is 12.5. The van der Waals surface area contributed by atoms with Crippen LogP contribution in [0.15, 0.2) is 12.2 Å². The first-order valence-corrected chi connectivity index (χ1v) is 20.2. The highest BCUT2D eigenvalue weighted by molar-refractivity contribution is 7.47. The predicted molar refractivity (Wildman–Crippen MR) is 187 cm³/mol. The first-order valence-electron chi connectivity index (χ1n) is 18.7. The number of unbranched alkanes of at least 4 members (excludes halogenated alkanes) is 20. The summed E-state index contributed by atoms with van der Waals surface area (Å²) in [5.41, 5.74) is 0. The van der Waals surface area contributed by atoms with E-state index in [1.807, 2.05) is 0 Å². The third kappa shape index (κ3) is 34.4. The summed E-state index contributed by atoms with van der Waals surface area (Å²) in [4.78, 5) is 34.5. The normalized spacial score (nSPS) is 13.5. The molecule has 0 aliphatic rings.